The Labute approximate surface area is 129 Å². The van der Waals surface area contributed by atoms with Crippen molar-refractivity contribution in [3.8, 4) is 0 Å². The summed E-state index contributed by atoms with van der Waals surface area (Å²) in [7, 11) is 0. The molecule has 1 aliphatic rings. The van der Waals surface area contributed by atoms with Gasteiger partial charge in [0.1, 0.15) is 0 Å². The highest BCUT2D eigenvalue weighted by Gasteiger charge is 2.19. The van der Waals surface area contributed by atoms with Gasteiger partial charge in [-0.2, -0.15) is 0 Å². The molecule has 1 aliphatic carbocycles. The predicted molar refractivity (Wildman–Crippen MR) is 92.8 cm³/mol. The standard InChI is InChI=1S/C22H13/c1-2-11-18-15(6-1)7-4-12-19(18)21-14-17-10-3-8-16-9-5-13-20(21)22(16)17/h1-13H. The zero-order valence-electron chi connectivity index (χ0n) is 12.0. The second-order valence-electron chi connectivity index (χ2n) is 5.74. The van der Waals surface area contributed by atoms with E-state index in [2.05, 4.69) is 84.9 Å². The molecule has 4 aromatic carbocycles. The van der Waals surface area contributed by atoms with E-state index >= 15 is 0 Å². The predicted octanol–water partition coefficient (Wildman–Crippen LogP) is 5.59. The number of benzene rings is 4. The third-order valence-electron chi connectivity index (χ3n) is 4.49. The third kappa shape index (κ3) is 1.52. The monoisotopic (exact) mass is 277 g/mol. The lowest BCUT2D eigenvalue weighted by Gasteiger charge is -2.09. The number of hydrogen-bond acceptors (Lipinski definition) is 0. The molecule has 0 amide bonds. The van der Waals surface area contributed by atoms with Gasteiger partial charge in [0.15, 0.2) is 0 Å². The lowest BCUT2D eigenvalue weighted by atomic mass is 9.94. The summed E-state index contributed by atoms with van der Waals surface area (Å²) in [6.45, 7) is 0. The summed E-state index contributed by atoms with van der Waals surface area (Å²) in [4.78, 5) is 0. The smallest absolute Gasteiger partial charge is 0.000719 e. The first-order chi connectivity index (χ1) is 10.9. The topological polar surface area (TPSA) is 0 Å². The van der Waals surface area contributed by atoms with Gasteiger partial charge >= 0.3 is 0 Å². The van der Waals surface area contributed by atoms with Crippen LogP contribution in [-0.2, 0) is 0 Å². The molecule has 0 nitrogen and oxygen atoms in total. The van der Waals surface area contributed by atoms with Crippen LogP contribution >= 0.6 is 0 Å². The van der Waals surface area contributed by atoms with Gasteiger partial charge in [-0.05, 0) is 49.9 Å². The minimum absolute atomic E-state index is 1.20. The molecule has 0 N–H and O–H groups in total. The highest BCUT2D eigenvalue weighted by Crippen LogP contribution is 2.40. The molecule has 0 heterocycles. The molecular weight excluding hydrogens is 264 g/mol. The van der Waals surface area contributed by atoms with Gasteiger partial charge in [0.05, 0.1) is 0 Å². The van der Waals surface area contributed by atoms with Gasteiger partial charge in [-0.15, -0.1) is 0 Å². The number of fused-ring (bicyclic) bond motifs is 1. The van der Waals surface area contributed by atoms with Crippen molar-refractivity contribution in [2.75, 3.05) is 0 Å². The van der Waals surface area contributed by atoms with Crippen LogP contribution in [0.15, 0.2) is 78.9 Å². The summed E-state index contributed by atoms with van der Waals surface area (Å²) >= 11 is 0. The van der Waals surface area contributed by atoms with E-state index < -0.39 is 0 Å². The largest absolute Gasteiger partial charge is 0.0616 e. The molecule has 0 bridgehead atoms. The van der Waals surface area contributed by atoms with Crippen molar-refractivity contribution in [3.63, 3.8) is 0 Å². The molecule has 101 valence electrons. The van der Waals surface area contributed by atoms with Crippen LogP contribution in [0.4, 0.5) is 0 Å². The fourth-order valence-electron chi connectivity index (χ4n) is 3.51. The summed E-state index contributed by atoms with van der Waals surface area (Å²) in [6.07, 6.45) is 3.63. The highest BCUT2D eigenvalue weighted by molar-refractivity contribution is 6.08. The van der Waals surface area contributed by atoms with Crippen LogP contribution in [0.3, 0.4) is 0 Å². The van der Waals surface area contributed by atoms with Crippen LogP contribution in [0.2, 0.25) is 0 Å². The first-order valence-corrected chi connectivity index (χ1v) is 7.56. The van der Waals surface area contributed by atoms with Crippen LogP contribution in [0.5, 0.6) is 0 Å². The van der Waals surface area contributed by atoms with Crippen molar-refractivity contribution >= 4 is 27.1 Å². The van der Waals surface area contributed by atoms with Gasteiger partial charge in [-0.25, -0.2) is 0 Å². The Balaban J connectivity index is 1.86. The molecule has 0 fully saturated rings. The summed E-state index contributed by atoms with van der Waals surface area (Å²) < 4.78 is 0. The summed E-state index contributed by atoms with van der Waals surface area (Å²) in [5, 5.41) is 5.18. The highest BCUT2D eigenvalue weighted by atomic mass is 14.2. The maximum absolute atomic E-state index is 3.63. The van der Waals surface area contributed by atoms with Crippen molar-refractivity contribution in [2.24, 2.45) is 0 Å². The molecule has 22 heavy (non-hydrogen) atoms. The van der Waals surface area contributed by atoms with E-state index in [4.69, 9.17) is 0 Å². The molecule has 0 heteroatoms. The third-order valence-corrected chi connectivity index (χ3v) is 4.49. The van der Waals surface area contributed by atoms with E-state index in [0.29, 0.717) is 0 Å². The Morgan fingerprint density at radius 3 is 2.14 bits per heavy atom. The average Bonchev–Trinajstić information content (AvgIpc) is 2.95. The molecule has 0 saturated heterocycles. The van der Waals surface area contributed by atoms with Gasteiger partial charge in [0.25, 0.3) is 0 Å². The van der Waals surface area contributed by atoms with Crippen molar-refractivity contribution in [3.05, 3.63) is 102 Å². The number of hydrogen-bond donors (Lipinski definition) is 0. The van der Waals surface area contributed by atoms with Gasteiger partial charge in [-0.1, -0.05) is 78.9 Å². The first-order valence-electron chi connectivity index (χ1n) is 7.56. The lowest BCUT2D eigenvalue weighted by molar-refractivity contribution is 1.64. The van der Waals surface area contributed by atoms with E-state index in [1.54, 1.807) is 0 Å². The van der Waals surface area contributed by atoms with E-state index in [0.717, 1.165) is 0 Å². The Bertz CT molecular complexity index is 1060. The zero-order chi connectivity index (χ0) is 14.5. The molecule has 0 atom stereocenters. The number of rotatable bonds is 1. The minimum Gasteiger partial charge on any atom is -0.0616 e. The molecule has 5 rings (SSSR count). The van der Waals surface area contributed by atoms with E-state index in [9.17, 15) is 0 Å². The molecular formula is C22H13. The van der Waals surface area contributed by atoms with Gasteiger partial charge in [0.2, 0.25) is 0 Å². The zero-order valence-corrected chi connectivity index (χ0v) is 12.0. The Kier molecular flexibility index (Phi) is 2.31. The van der Waals surface area contributed by atoms with Gasteiger partial charge < -0.3 is 0 Å². The molecule has 0 aromatic heterocycles. The fraction of sp³-hybridized carbons (Fsp3) is 0. The first kappa shape index (κ1) is 11.8. The molecule has 4 aromatic rings. The lowest BCUT2D eigenvalue weighted by Crippen LogP contribution is -1.87. The van der Waals surface area contributed by atoms with Crippen molar-refractivity contribution in [1.29, 1.82) is 0 Å². The molecule has 1 radical (unpaired) electrons. The van der Waals surface area contributed by atoms with E-state index in [-0.39, 0.29) is 0 Å². The molecule has 0 aliphatic heterocycles. The van der Waals surface area contributed by atoms with Crippen molar-refractivity contribution < 1.29 is 0 Å². The molecule has 0 saturated carbocycles. The van der Waals surface area contributed by atoms with Crippen LogP contribution in [0, 0.1) is 6.08 Å². The van der Waals surface area contributed by atoms with Gasteiger partial charge in [0, 0.05) is 0 Å². The van der Waals surface area contributed by atoms with Crippen LogP contribution in [-0.4, -0.2) is 0 Å². The van der Waals surface area contributed by atoms with Crippen LogP contribution in [0.25, 0.3) is 27.1 Å². The summed E-state index contributed by atoms with van der Waals surface area (Å²) in [6, 6.07) is 28.0. The van der Waals surface area contributed by atoms with E-state index in [1.165, 1.54) is 43.8 Å². The Hall–Kier alpha value is -2.86. The second kappa shape index (κ2) is 4.32. The van der Waals surface area contributed by atoms with Crippen LogP contribution < -0.4 is 0 Å². The minimum atomic E-state index is 1.20. The average molecular weight is 277 g/mol. The summed E-state index contributed by atoms with van der Waals surface area (Å²) in [5.41, 5.74) is 4.98. The second-order valence-corrected chi connectivity index (χ2v) is 5.74. The maximum atomic E-state index is 3.63. The summed E-state index contributed by atoms with van der Waals surface area (Å²) in [5.74, 6) is 0. The maximum Gasteiger partial charge on any atom is -0.000719 e. The van der Waals surface area contributed by atoms with E-state index in [1.807, 2.05) is 0 Å². The SMILES string of the molecule is [C]1=C(c2cccc3ccccc23)c2cccc3cccc1c23. The molecule has 0 spiro atoms. The van der Waals surface area contributed by atoms with Crippen molar-refractivity contribution in [2.45, 2.75) is 0 Å². The van der Waals surface area contributed by atoms with Crippen molar-refractivity contribution in [1.82, 2.24) is 0 Å². The van der Waals surface area contributed by atoms with Gasteiger partial charge in [-0.3, -0.25) is 0 Å². The Morgan fingerprint density at radius 1 is 0.545 bits per heavy atom. The van der Waals surface area contributed by atoms with Crippen LogP contribution in [0.1, 0.15) is 16.7 Å². The Morgan fingerprint density at radius 2 is 1.23 bits per heavy atom. The fourth-order valence-corrected chi connectivity index (χ4v) is 3.51. The normalized spacial score (nSPS) is 12.8. The quantitative estimate of drug-likeness (QED) is 0.374. The molecule has 0 unspecified atom stereocenters.